The first-order chi connectivity index (χ1) is 17.6. The van der Waals surface area contributed by atoms with E-state index in [0.717, 1.165) is 5.56 Å². The Bertz CT molecular complexity index is 928. The zero-order valence-corrected chi connectivity index (χ0v) is 23.5. The van der Waals surface area contributed by atoms with Crippen molar-refractivity contribution in [1.82, 2.24) is 26.8 Å². The summed E-state index contributed by atoms with van der Waals surface area (Å²) in [6.07, 6.45) is -2.36. The van der Waals surface area contributed by atoms with Crippen LogP contribution in [0.25, 0.3) is 0 Å². The minimum atomic E-state index is -1.14. The van der Waals surface area contributed by atoms with Crippen molar-refractivity contribution in [1.29, 1.82) is 0 Å². The summed E-state index contributed by atoms with van der Waals surface area (Å²) in [5.74, 6) is -1.03. The highest BCUT2D eigenvalue weighted by Crippen LogP contribution is 2.21. The number of hydrazine groups is 1. The zero-order chi connectivity index (χ0) is 29.1. The van der Waals surface area contributed by atoms with Crippen molar-refractivity contribution in [3.8, 4) is 0 Å². The van der Waals surface area contributed by atoms with Crippen molar-refractivity contribution < 1.29 is 33.8 Å². The molecule has 0 fully saturated rings. The molecule has 214 valence electrons. The van der Waals surface area contributed by atoms with Gasteiger partial charge in [0.25, 0.3) is 5.91 Å². The van der Waals surface area contributed by atoms with Crippen LogP contribution in [0.2, 0.25) is 0 Å². The van der Waals surface area contributed by atoms with Gasteiger partial charge in [-0.05, 0) is 22.8 Å². The molecule has 1 aromatic carbocycles. The molecule has 0 spiro atoms. The third-order valence-electron chi connectivity index (χ3n) is 5.76. The Morgan fingerprint density at radius 1 is 0.789 bits per heavy atom. The number of nitrogens with one attached hydrogen (secondary N) is 5. The number of alkyl carbamates (subject to hydrolysis) is 2. The molecule has 0 unspecified atom stereocenters. The molecule has 0 saturated heterocycles. The molecule has 0 saturated carbocycles. The van der Waals surface area contributed by atoms with E-state index in [1.165, 1.54) is 14.2 Å². The van der Waals surface area contributed by atoms with Crippen LogP contribution in [0, 0.1) is 10.8 Å². The number of carbonyl (C=O) groups is 4. The topological polar surface area (TPSA) is 167 Å². The molecule has 12 heteroatoms. The Labute approximate surface area is 224 Å². The molecular weight excluding hydrogens is 494 g/mol. The molecule has 0 aliphatic rings. The predicted molar refractivity (Wildman–Crippen MR) is 142 cm³/mol. The van der Waals surface area contributed by atoms with Gasteiger partial charge in [-0.3, -0.25) is 15.0 Å². The number of rotatable bonds is 11. The van der Waals surface area contributed by atoms with Crippen molar-refractivity contribution in [3.05, 3.63) is 35.9 Å². The summed E-state index contributed by atoms with van der Waals surface area (Å²) in [4.78, 5) is 49.5. The lowest BCUT2D eigenvalue weighted by Crippen LogP contribution is -2.60. The van der Waals surface area contributed by atoms with Crippen LogP contribution in [0.1, 0.15) is 47.1 Å². The standard InChI is InChI=1S/C26H43N5O7/c1-25(2,3)19(29-23(35)37-7)21(33)28-17(14-16-12-10-9-11-13-16)18(32)15-27-31-22(34)20(26(4,5)6)30-24(36)38-8/h9-13,17-20,27,32H,14-15H2,1-8H3,(H,28,33)(H,29,35)(H,30,36)(H,31,34)/t17-,18-,19+,20+/m0/s1. The van der Waals surface area contributed by atoms with Crippen molar-refractivity contribution in [2.75, 3.05) is 20.8 Å². The Hall–Kier alpha value is -3.38. The zero-order valence-electron chi connectivity index (χ0n) is 23.5. The first-order valence-electron chi connectivity index (χ1n) is 12.3. The molecule has 0 aliphatic carbocycles. The van der Waals surface area contributed by atoms with E-state index in [-0.39, 0.29) is 13.0 Å². The van der Waals surface area contributed by atoms with E-state index in [4.69, 9.17) is 0 Å². The summed E-state index contributed by atoms with van der Waals surface area (Å²) >= 11 is 0. The van der Waals surface area contributed by atoms with Gasteiger partial charge in [0.1, 0.15) is 12.1 Å². The molecule has 1 rings (SSSR count). The van der Waals surface area contributed by atoms with Crippen molar-refractivity contribution in [2.24, 2.45) is 10.8 Å². The molecule has 4 atom stereocenters. The van der Waals surface area contributed by atoms with Gasteiger partial charge in [-0.1, -0.05) is 71.9 Å². The number of benzene rings is 1. The molecule has 0 radical (unpaired) electrons. The normalized spacial score (nSPS) is 14.8. The van der Waals surface area contributed by atoms with Crippen LogP contribution >= 0.6 is 0 Å². The van der Waals surface area contributed by atoms with Gasteiger partial charge < -0.3 is 30.5 Å². The highest BCUT2D eigenvalue weighted by Gasteiger charge is 2.36. The van der Waals surface area contributed by atoms with Crippen LogP contribution in [0.4, 0.5) is 9.59 Å². The Morgan fingerprint density at radius 2 is 1.26 bits per heavy atom. The number of amides is 4. The SMILES string of the molecule is COC(=O)N[C@H](C(=O)NNC[C@H](O)[C@H](Cc1ccccc1)NC(=O)[C@@H](NC(=O)OC)C(C)(C)C)C(C)(C)C. The van der Waals surface area contributed by atoms with Gasteiger partial charge in [-0.15, -0.1) is 0 Å². The fraction of sp³-hybridized carbons (Fsp3) is 0.615. The van der Waals surface area contributed by atoms with E-state index >= 15 is 0 Å². The highest BCUT2D eigenvalue weighted by molar-refractivity contribution is 5.87. The first-order valence-corrected chi connectivity index (χ1v) is 12.3. The lowest BCUT2D eigenvalue weighted by atomic mass is 9.85. The Kier molecular flexibility index (Phi) is 12.5. The number of methoxy groups -OCH3 is 2. The number of ether oxygens (including phenoxy) is 2. The summed E-state index contributed by atoms with van der Waals surface area (Å²) < 4.78 is 9.26. The van der Waals surface area contributed by atoms with Crippen molar-refractivity contribution >= 4 is 24.0 Å². The minimum absolute atomic E-state index is 0.122. The Morgan fingerprint density at radius 3 is 1.71 bits per heavy atom. The Balaban J connectivity index is 2.99. The van der Waals surface area contributed by atoms with E-state index in [2.05, 4.69) is 36.3 Å². The summed E-state index contributed by atoms with van der Waals surface area (Å²) in [7, 11) is 2.41. The molecule has 1 aromatic rings. The average molecular weight is 538 g/mol. The second kappa shape index (κ2) is 14.5. The van der Waals surface area contributed by atoms with E-state index in [9.17, 15) is 24.3 Å². The lowest BCUT2D eigenvalue weighted by Gasteiger charge is -2.33. The minimum Gasteiger partial charge on any atom is -0.453 e. The second-order valence-corrected chi connectivity index (χ2v) is 11.1. The molecular formula is C26H43N5O7. The number of aliphatic hydroxyl groups excluding tert-OH is 1. The van der Waals surface area contributed by atoms with E-state index in [0.29, 0.717) is 0 Å². The van der Waals surface area contributed by atoms with Crippen LogP contribution in [0.3, 0.4) is 0 Å². The van der Waals surface area contributed by atoms with Crippen LogP contribution in [0.5, 0.6) is 0 Å². The molecule has 0 aromatic heterocycles. The largest absolute Gasteiger partial charge is 0.453 e. The summed E-state index contributed by atoms with van der Waals surface area (Å²) in [5.41, 5.74) is 4.77. The van der Waals surface area contributed by atoms with Crippen LogP contribution in [-0.4, -0.2) is 74.1 Å². The third-order valence-corrected chi connectivity index (χ3v) is 5.76. The van der Waals surface area contributed by atoms with Gasteiger partial charge in [0.05, 0.1) is 26.4 Å². The second-order valence-electron chi connectivity index (χ2n) is 11.1. The maximum absolute atomic E-state index is 13.2. The van der Waals surface area contributed by atoms with E-state index < -0.39 is 59.1 Å². The molecule has 6 N–H and O–H groups in total. The molecule has 0 heterocycles. The fourth-order valence-electron chi connectivity index (χ4n) is 3.58. The lowest BCUT2D eigenvalue weighted by molar-refractivity contribution is -0.128. The summed E-state index contributed by atoms with van der Waals surface area (Å²) in [6, 6.07) is 6.64. The number of aliphatic hydroxyl groups is 1. The van der Waals surface area contributed by atoms with Gasteiger partial charge >= 0.3 is 12.2 Å². The predicted octanol–water partition coefficient (Wildman–Crippen LogP) is 1.24. The highest BCUT2D eigenvalue weighted by atomic mass is 16.5. The smallest absolute Gasteiger partial charge is 0.407 e. The van der Waals surface area contributed by atoms with Crippen molar-refractivity contribution in [3.63, 3.8) is 0 Å². The quantitative estimate of drug-likeness (QED) is 0.229. The van der Waals surface area contributed by atoms with Gasteiger partial charge in [-0.2, -0.15) is 0 Å². The summed E-state index contributed by atoms with van der Waals surface area (Å²) in [5, 5.41) is 18.9. The van der Waals surface area contributed by atoms with Crippen LogP contribution < -0.4 is 26.8 Å². The molecule has 0 aliphatic heterocycles. The maximum Gasteiger partial charge on any atom is 0.407 e. The van der Waals surface area contributed by atoms with Gasteiger partial charge in [0.2, 0.25) is 5.91 Å². The molecule has 38 heavy (non-hydrogen) atoms. The first kappa shape index (κ1) is 32.6. The van der Waals surface area contributed by atoms with E-state index in [1.54, 1.807) is 41.5 Å². The third kappa shape index (κ3) is 10.9. The molecule has 0 bridgehead atoms. The number of hydrogen-bond acceptors (Lipinski definition) is 8. The van der Waals surface area contributed by atoms with Crippen molar-refractivity contribution in [2.45, 2.75) is 72.2 Å². The molecule has 12 nitrogen and oxygen atoms in total. The van der Waals surface area contributed by atoms with Gasteiger partial charge in [-0.25, -0.2) is 15.0 Å². The van der Waals surface area contributed by atoms with E-state index in [1.807, 2.05) is 30.3 Å². The van der Waals surface area contributed by atoms with Crippen LogP contribution in [-0.2, 0) is 25.5 Å². The maximum atomic E-state index is 13.2. The van der Waals surface area contributed by atoms with Crippen LogP contribution in [0.15, 0.2) is 30.3 Å². The average Bonchev–Trinajstić information content (AvgIpc) is 2.83. The monoisotopic (exact) mass is 537 g/mol. The fourth-order valence-corrected chi connectivity index (χ4v) is 3.58. The summed E-state index contributed by atoms with van der Waals surface area (Å²) in [6.45, 7) is 10.6. The number of hydrogen-bond donors (Lipinski definition) is 6. The number of carbonyl (C=O) groups excluding carboxylic acids is 4. The van der Waals surface area contributed by atoms with Gasteiger partial charge in [0.15, 0.2) is 0 Å². The van der Waals surface area contributed by atoms with Gasteiger partial charge in [0, 0.05) is 6.54 Å². The molecule has 4 amide bonds.